The van der Waals surface area contributed by atoms with E-state index in [4.69, 9.17) is 4.74 Å². The lowest BCUT2D eigenvalue weighted by Crippen LogP contribution is -2.34. The van der Waals surface area contributed by atoms with Gasteiger partial charge in [-0.2, -0.15) is 0 Å². The molecule has 0 aromatic heterocycles. The summed E-state index contributed by atoms with van der Waals surface area (Å²) in [5.41, 5.74) is 0. The fraction of sp³-hybridized carbons (Fsp3) is 0.800. The number of carbonyl (C=O) groups is 2. The van der Waals surface area contributed by atoms with Crippen molar-refractivity contribution in [2.24, 2.45) is 11.8 Å². The molecule has 1 fully saturated rings. The first kappa shape index (κ1) is 14.0. The Morgan fingerprint density at radius 3 is 2.41 bits per heavy atom. The van der Waals surface area contributed by atoms with Crippen LogP contribution < -0.4 is 0 Å². The third kappa shape index (κ3) is 3.42. The summed E-state index contributed by atoms with van der Waals surface area (Å²) in [7, 11) is -1.98. The normalized spacial score (nSPS) is 24.0. The number of esters is 2. The number of ether oxygens (including phenoxy) is 2. The van der Waals surface area contributed by atoms with Gasteiger partial charge in [0.1, 0.15) is 0 Å². The second-order valence-corrected chi connectivity index (χ2v) is 6.14. The van der Waals surface area contributed by atoms with E-state index in [1.54, 1.807) is 6.92 Å². The van der Waals surface area contributed by atoms with Gasteiger partial charge in [0, 0.05) is 0 Å². The molecule has 0 N–H and O–H groups in total. The van der Waals surface area contributed by atoms with Gasteiger partial charge in [0.15, 0.2) is 15.8 Å². The Balaban J connectivity index is 2.84. The third-order valence-electron chi connectivity index (χ3n) is 2.73. The number of rotatable bonds is 4. The molecule has 1 rings (SSSR count). The van der Waals surface area contributed by atoms with E-state index in [-0.39, 0.29) is 18.1 Å². The Bertz CT molecular complexity index is 399. The number of carbonyl (C=O) groups excluding carboxylic acids is 2. The molecule has 6 nitrogen and oxygen atoms in total. The summed E-state index contributed by atoms with van der Waals surface area (Å²) >= 11 is 0. The maximum absolute atomic E-state index is 11.6. The molecule has 1 heterocycles. The maximum Gasteiger partial charge on any atom is 0.320 e. The molecule has 0 radical (unpaired) electrons. The van der Waals surface area contributed by atoms with Gasteiger partial charge < -0.3 is 9.47 Å². The smallest absolute Gasteiger partial charge is 0.320 e. The molecule has 7 heteroatoms. The Morgan fingerprint density at radius 1 is 1.35 bits per heavy atom. The minimum Gasteiger partial charge on any atom is -0.468 e. The highest BCUT2D eigenvalue weighted by Gasteiger charge is 2.43. The molecule has 2 unspecified atom stereocenters. The number of hydrogen-bond acceptors (Lipinski definition) is 6. The minimum atomic E-state index is -3.15. The second-order valence-electron chi connectivity index (χ2n) is 3.92. The minimum absolute atomic E-state index is 0.00453. The number of hydrogen-bond donors (Lipinski definition) is 0. The molecule has 1 aliphatic heterocycles. The molecule has 98 valence electrons. The second kappa shape index (κ2) is 5.48. The zero-order valence-corrected chi connectivity index (χ0v) is 10.7. The van der Waals surface area contributed by atoms with Crippen molar-refractivity contribution in [3.05, 3.63) is 0 Å². The van der Waals surface area contributed by atoms with Crippen LogP contribution in [0.25, 0.3) is 0 Å². The Labute approximate surface area is 100 Å². The van der Waals surface area contributed by atoms with Crippen LogP contribution in [0.5, 0.6) is 0 Å². The maximum atomic E-state index is 11.6. The van der Waals surface area contributed by atoms with Gasteiger partial charge in [0.2, 0.25) is 0 Å². The first-order valence-electron chi connectivity index (χ1n) is 5.36. The molecule has 0 aromatic carbocycles. The molecule has 17 heavy (non-hydrogen) atoms. The lowest BCUT2D eigenvalue weighted by Gasteiger charge is -2.18. The van der Waals surface area contributed by atoms with Crippen molar-refractivity contribution in [2.45, 2.75) is 13.3 Å². The fourth-order valence-electron chi connectivity index (χ4n) is 1.93. The zero-order valence-electron chi connectivity index (χ0n) is 9.84. The molecule has 0 spiro atoms. The van der Waals surface area contributed by atoms with Gasteiger partial charge >= 0.3 is 11.9 Å². The lowest BCUT2D eigenvalue weighted by molar-refractivity contribution is -0.162. The summed E-state index contributed by atoms with van der Waals surface area (Å²) < 4.78 is 32.0. The SMILES string of the molecule is CCOC(=O)C(C(=O)OC)C1CCS(=O)(=O)C1. The summed E-state index contributed by atoms with van der Waals surface area (Å²) in [5.74, 6) is -3.26. The van der Waals surface area contributed by atoms with Gasteiger partial charge in [0.25, 0.3) is 0 Å². The highest BCUT2D eigenvalue weighted by atomic mass is 32.2. The number of methoxy groups -OCH3 is 1. The molecule has 1 aliphatic rings. The van der Waals surface area contributed by atoms with E-state index in [1.165, 1.54) is 0 Å². The van der Waals surface area contributed by atoms with E-state index in [1.807, 2.05) is 0 Å². The van der Waals surface area contributed by atoms with Crippen LogP contribution in [-0.4, -0.2) is 45.6 Å². The lowest BCUT2D eigenvalue weighted by atomic mass is 9.92. The standard InChI is InChI=1S/C10H16O6S/c1-3-16-10(12)8(9(11)15-2)7-4-5-17(13,14)6-7/h7-8H,3-6H2,1-2H3. The Kier molecular flexibility index (Phi) is 4.50. The van der Waals surface area contributed by atoms with E-state index in [0.717, 1.165) is 7.11 Å². The van der Waals surface area contributed by atoms with Gasteiger partial charge in [-0.3, -0.25) is 9.59 Å². The molecule has 1 saturated heterocycles. The highest BCUT2D eigenvalue weighted by molar-refractivity contribution is 7.91. The van der Waals surface area contributed by atoms with Crippen molar-refractivity contribution in [1.82, 2.24) is 0 Å². The summed E-state index contributed by atoms with van der Waals surface area (Å²) in [6.07, 6.45) is 0.293. The van der Waals surface area contributed by atoms with Gasteiger partial charge in [0.05, 0.1) is 25.2 Å². The highest BCUT2D eigenvalue weighted by Crippen LogP contribution is 2.27. The van der Waals surface area contributed by atoms with Crippen molar-refractivity contribution in [3.63, 3.8) is 0 Å². The van der Waals surface area contributed by atoms with Crippen LogP contribution in [0, 0.1) is 11.8 Å². The van der Waals surface area contributed by atoms with Crippen molar-refractivity contribution >= 4 is 21.8 Å². The van der Waals surface area contributed by atoms with Crippen molar-refractivity contribution in [1.29, 1.82) is 0 Å². The van der Waals surface area contributed by atoms with Crippen LogP contribution in [0.1, 0.15) is 13.3 Å². The van der Waals surface area contributed by atoms with E-state index in [0.29, 0.717) is 6.42 Å². The van der Waals surface area contributed by atoms with Gasteiger partial charge in [-0.25, -0.2) is 8.42 Å². The summed E-state index contributed by atoms with van der Waals surface area (Å²) in [6, 6.07) is 0. The summed E-state index contributed by atoms with van der Waals surface area (Å²) in [4.78, 5) is 23.1. The topological polar surface area (TPSA) is 86.7 Å². The molecule has 0 aromatic rings. The quantitative estimate of drug-likeness (QED) is 0.515. The Hall–Kier alpha value is -1.11. The van der Waals surface area contributed by atoms with Crippen LogP contribution in [-0.2, 0) is 28.9 Å². The molecular formula is C10H16O6S. The van der Waals surface area contributed by atoms with Crippen molar-refractivity contribution in [3.8, 4) is 0 Å². The van der Waals surface area contributed by atoms with Gasteiger partial charge in [-0.05, 0) is 19.3 Å². The van der Waals surface area contributed by atoms with Crippen LogP contribution in [0.15, 0.2) is 0 Å². The fourth-order valence-corrected chi connectivity index (χ4v) is 3.77. The largest absolute Gasteiger partial charge is 0.468 e. The first-order chi connectivity index (χ1) is 7.91. The molecule has 2 atom stereocenters. The predicted octanol–water partition coefficient (Wildman–Crippen LogP) is -0.227. The molecule has 0 aliphatic carbocycles. The number of sulfone groups is 1. The van der Waals surface area contributed by atoms with Crippen molar-refractivity contribution in [2.75, 3.05) is 25.2 Å². The van der Waals surface area contributed by atoms with Crippen molar-refractivity contribution < 1.29 is 27.5 Å². The third-order valence-corrected chi connectivity index (χ3v) is 4.53. The van der Waals surface area contributed by atoms with E-state index < -0.39 is 33.6 Å². The summed E-state index contributed by atoms with van der Waals surface area (Å²) in [5, 5.41) is 0. The van der Waals surface area contributed by atoms with E-state index in [9.17, 15) is 18.0 Å². The zero-order chi connectivity index (χ0) is 13.1. The molecule has 0 bridgehead atoms. The van der Waals surface area contributed by atoms with Crippen LogP contribution >= 0.6 is 0 Å². The Morgan fingerprint density at radius 2 is 2.00 bits per heavy atom. The monoisotopic (exact) mass is 264 g/mol. The first-order valence-corrected chi connectivity index (χ1v) is 7.18. The molecule has 0 saturated carbocycles. The summed E-state index contributed by atoms with van der Waals surface area (Å²) in [6.45, 7) is 1.77. The van der Waals surface area contributed by atoms with E-state index >= 15 is 0 Å². The van der Waals surface area contributed by atoms with Crippen LogP contribution in [0.4, 0.5) is 0 Å². The molecular weight excluding hydrogens is 248 g/mol. The van der Waals surface area contributed by atoms with Gasteiger partial charge in [-0.1, -0.05) is 0 Å². The van der Waals surface area contributed by atoms with Crippen LogP contribution in [0.3, 0.4) is 0 Å². The van der Waals surface area contributed by atoms with E-state index in [2.05, 4.69) is 4.74 Å². The van der Waals surface area contributed by atoms with Crippen LogP contribution in [0.2, 0.25) is 0 Å². The molecule has 0 amide bonds. The predicted molar refractivity (Wildman–Crippen MR) is 58.9 cm³/mol. The average Bonchev–Trinajstić information content (AvgIpc) is 2.59. The average molecular weight is 264 g/mol. The van der Waals surface area contributed by atoms with Gasteiger partial charge in [-0.15, -0.1) is 0 Å².